The molecule has 0 heterocycles. The zero-order valence-corrected chi connectivity index (χ0v) is 22.8. The molecule has 3 atom stereocenters. The van der Waals surface area contributed by atoms with Gasteiger partial charge in [-0.2, -0.15) is 0 Å². The minimum atomic E-state index is -2.52. The molecule has 0 unspecified atom stereocenters. The van der Waals surface area contributed by atoms with Gasteiger partial charge in [-0.25, -0.2) is 0 Å². The standard InChI is InChI=1S/C30H44O2Si/c1-24(15-14-22-31)30(7)21-20-25(29(30,5)6)23-32-33(28(2,3)4,26-16-10-8-11-17-26)27-18-12-9-13-19-27/h8-19,24-25,31H,20-23H2,1-7H3/b15-14+/t24-,25-,30-/m0/s1. The van der Waals surface area contributed by atoms with Gasteiger partial charge in [0.15, 0.2) is 0 Å². The van der Waals surface area contributed by atoms with Gasteiger partial charge in [-0.1, -0.05) is 121 Å². The van der Waals surface area contributed by atoms with E-state index < -0.39 is 8.32 Å². The van der Waals surface area contributed by atoms with Crippen molar-refractivity contribution in [1.82, 2.24) is 0 Å². The lowest BCUT2D eigenvalue weighted by atomic mass is 9.60. The summed E-state index contributed by atoms with van der Waals surface area (Å²) >= 11 is 0. The number of allylic oxidation sites excluding steroid dienone is 1. The molecule has 2 aromatic rings. The Labute approximate surface area is 203 Å². The number of hydrogen-bond acceptors (Lipinski definition) is 2. The van der Waals surface area contributed by atoms with Crippen molar-refractivity contribution in [2.75, 3.05) is 13.2 Å². The molecule has 0 amide bonds. The third kappa shape index (κ3) is 4.65. The molecule has 0 radical (unpaired) electrons. The molecule has 33 heavy (non-hydrogen) atoms. The van der Waals surface area contributed by atoms with Crippen LogP contribution in [0.2, 0.25) is 5.04 Å². The van der Waals surface area contributed by atoms with Gasteiger partial charge in [0.25, 0.3) is 8.32 Å². The van der Waals surface area contributed by atoms with E-state index in [1.54, 1.807) is 0 Å². The Kier molecular flexibility index (Phi) is 7.78. The first-order chi connectivity index (χ1) is 15.5. The Hall–Kier alpha value is -1.68. The molecule has 180 valence electrons. The van der Waals surface area contributed by atoms with Crippen LogP contribution in [0.15, 0.2) is 72.8 Å². The molecule has 0 bridgehead atoms. The zero-order valence-electron chi connectivity index (χ0n) is 21.8. The second kappa shape index (κ2) is 9.89. The topological polar surface area (TPSA) is 29.5 Å². The summed E-state index contributed by atoms with van der Waals surface area (Å²) in [7, 11) is -2.52. The molecule has 1 aliphatic carbocycles. The number of rotatable bonds is 8. The van der Waals surface area contributed by atoms with Crippen LogP contribution >= 0.6 is 0 Å². The maximum atomic E-state index is 9.29. The molecular weight excluding hydrogens is 420 g/mol. The van der Waals surface area contributed by atoms with Gasteiger partial charge in [0, 0.05) is 6.61 Å². The Balaban J connectivity index is 1.98. The predicted molar refractivity (Wildman–Crippen MR) is 144 cm³/mol. The van der Waals surface area contributed by atoms with E-state index in [4.69, 9.17) is 4.43 Å². The Bertz CT molecular complexity index is 874. The summed E-state index contributed by atoms with van der Waals surface area (Å²) in [5.41, 5.74) is 0.315. The van der Waals surface area contributed by atoms with Gasteiger partial charge in [0.05, 0.1) is 6.61 Å². The summed E-state index contributed by atoms with van der Waals surface area (Å²) < 4.78 is 7.32. The van der Waals surface area contributed by atoms with Gasteiger partial charge in [0.1, 0.15) is 0 Å². The average Bonchev–Trinajstić information content (AvgIpc) is 3.02. The van der Waals surface area contributed by atoms with Gasteiger partial charge < -0.3 is 9.53 Å². The van der Waals surface area contributed by atoms with Crippen LogP contribution in [0.4, 0.5) is 0 Å². The van der Waals surface area contributed by atoms with E-state index >= 15 is 0 Å². The average molecular weight is 465 g/mol. The highest BCUT2D eigenvalue weighted by molar-refractivity contribution is 6.99. The van der Waals surface area contributed by atoms with E-state index in [1.807, 2.05) is 6.08 Å². The molecule has 3 heteroatoms. The SMILES string of the molecule is C[C@@H](/C=C/CO)[C@]1(C)CC[C@@H](CO[Si](c2ccccc2)(c2ccccc2)C(C)(C)C)C1(C)C. The molecule has 0 aromatic heterocycles. The maximum absolute atomic E-state index is 9.29. The van der Waals surface area contributed by atoms with Gasteiger partial charge in [-0.05, 0) is 50.9 Å². The highest BCUT2D eigenvalue weighted by Gasteiger charge is 2.55. The third-order valence-corrected chi connectivity index (χ3v) is 14.0. The quantitative estimate of drug-likeness (QED) is 0.373. The maximum Gasteiger partial charge on any atom is 0.261 e. The predicted octanol–water partition coefficient (Wildman–Crippen LogP) is 6.19. The summed E-state index contributed by atoms with van der Waals surface area (Å²) in [5.74, 6) is 0.909. The van der Waals surface area contributed by atoms with Gasteiger partial charge in [0.2, 0.25) is 0 Å². The molecule has 0 aliphatic heterocycles. The Morgan fingerprint density at radius 1 is 1.00 bits per heavy atom. The summed E-state index contributed by atoms with van der Waals surface area (Å²) in [6.45, 7) is 17.6. The van der Waals surface area contributed by atoms with Crippen molar-refractivity contribution in [2.45, 2.75) is 66.3 Å². The van der Waals surface area contributed by atoms with Crippen LogP contribution in [0.1, 0.15) is 61.3 Å². The second-order valence-corrected chi connectivity index (χ2v) is 16.1. The summed E-state index contributed by atoms with van der Waals surface area (Å²) in [6, 6.07) is 21.9. The first-order valence-electron chi connectivity index (χ1n) is 12.5. The van der Waals surface area contributed by atoms with Crippen molar-refractivity contribution in [3.63, 3.8) is 0 Å². The van der Waals surface area contributed by atoms with Crippen molar-refractivity contribution < 1.29 is 9.53 Å². The number of hydrogen-bond donors (Lipinski definition) is 1. The van der Waals surface area contributed by atoms with E-state index in [-0.39, 0.29) is 22.5 Å². The van der Waals surface area contributed by atoms with E-state index in [2.05, 4.69) is 115 Å². The number of benzene rings is 2. The van der Waals surface area contributed by atoms with Crippen molar-refractivity contribution in [3.05, 3.63) is 72.8 Å². The Morgan fingerprint density at radius 2 is 1.52 bits per heavy atom. The van der Waals surface area contributed by atoms with Crippen LogP contribution in [0, 0.1) is 22.7 Å². The fraction of sp³-hybridized carbons (Fsp3) is 0.533. The molecule has 1 fully saturated rings. The fourth-order valence-electron chi connectivity index (χ4n) is 6.19. The van der Waals surface area contributed by atoms with Crippen molar-refractivity contribution >= 4 is 18.7 Å². The van der Waals surface area contributed by atoms with Crippen LogP contribution in [-0.4, -0.2) is 26.6 Å². The van der Waals surface area contributed by atoms with Crippen LogP contribution < -0.4 is 10.4 Å². The van der Waals surface area contributed by atoms with Crippen molar-refractivity contribution in [2.24, 2.45) is 22.7 Å². The summed E-state index contributed by atoms with van der Waals surface area (Å²) in [6.07, 6.45) is 6.47. The minimum Gasteiger partial charge on any atom is -0.407 e. The van der Waals surface area contributed by atoms with Gasteiger partial charge >= 0.3 is 0 Å². The molecule has 1 N–H and O–H groups in total. The normalized spacial score (nSPS) is 24.3. The minimum absolute atomic E-state index is 0.00108. The van der Waals surface area contributed by atoms with Crippen LogP contribution in [0.5, 0.6) is 0 Å². The van der Waals surface area contributed by atoms with E-state index in [0.29, 0.717) is 11.8 Å². The molecular formula is C30H44O2Si. The molecule has 1 saturated carbocycles. The Morgan fingerprint density at radius 3 is 1.97 bits per heavy atom. The molecule has 0 saturated heterocycles. The van der Waals surface area contributed by atoms with E-state index in [0.717, 1.165) is 6.61 Å². The highest BCUT2D eigenvalue weighted by Crippen LogP contribution is 2.60. The molecule has 0 spiro atoms. The van der Waals surface area contributed by atoms with Gasteiger partial charge in [-0.3, -0.25) is 0 Å². The largest absolute Gasteiger partial charge is 0.407 e. The number of aliphatic hydroxyl groups is 1. The lowest BCUT2D eigenvalue weighted by Gasteiger charge is -2.47. The van der Waals surface area contributed by atoms with Crippen LogP contribution in [0.3, 0.4) is 0 Å². The number of aliphatic hydroxyl groups excluding tert-OH is 1. The first kappa shape index (κ1) is 25.9. The summed E-state index contributed by atoms with van der Waals surface area (Å²) in [5, 5.41) is 12.0. The fourth-order valence-corrected chi connectivity index (χ4v) is 10.8. The highest BCUT2D eigenvalue weighted by atomic mass is 28.4. The van der Waals surface area contributed by atoms with Gasteiger partial charge in [-0.15, -0.1) is 0 Å². The molecule has 1 aliphatic rings. The van der Waals surface area contributed by atoms with E-state index in [1.165, 1.54) is 23.2 Å². The van der Waals surface area contributed by atoms with Crippen LogP contribution in [-0.2, 0) is 4.43 Å². The first-order valence-corrected chi connectivity index (χ1v) is 14.4. The van der Waals surface area contributed by atoms with E-state index in [9.17, 15) is 5.11 Å². The summed E-state index contributed by atoms with van der Waals surface area (Å²) in [4.78, 5) is 0. The molecule has 2 nitrogen and oxygen atoms in total. The van der Waals surface area contributed by atoms with Crippen molar-refractivity contribution in [3.8, 4) is 0 Å². The molecule has 3 rings (SSSR count). The zero-order chi connectivity index (χ0) is 24.3. The molecule has 2 aromatic carbocycles. The monoisotopic (exact) mass is 464 g/mol. The lowest BCUT2D eigenvalue weighted by Crippen LogP contribution is -2.67. The van der Waals surface area contributed by atoms with Crippen molar-refractivity contribution in [1.29, 1.82) is 0 Å². The lowest BCUT2D eigenvalue weighted by molar-refractivity contribution is 0.0325. The third-order valence-electron chi connectivity index (χ3n) is 8.96. The second-order valence-electron chi connectivity index (χ2n) is 11.7. The smallest absolute Gasteiger partial charge is 0.261 e. The van der Waals surface area contributed by atoms with Crippen LogP contribution in [0.25, 0.3) is 0 Å².